The van der Waals surface area contributed by atoms with Gasteiger partial charge in [-0.05, 0) is 43.7 Å². The van der Waals surface area contributed by atoms with Crippen LogP contribution in [0, 0.1) is 39.9 Å². The highest BCUT2D eigenvalue weighted by atomic mass is 16.7. The summed E-state index contributed by atoms with van der Waals surface area (Å²) in [7, 11) is 0. The van der Waals surface area contributed by atoms with Crippen LogP contribution >= 0.6 is 0 Å². The molecule has 13 nitrogen and oxygen atoms in total. The van der Waals surface area contributed by atoms with E-state index >= 15 is 0 Å². The molecule has 7 rings (SSSR count). The lowest BCUT2D eigenvalue weighted by atomic mass is 9.37. The normalized spacial score (nSPS) is 49.8. The zero-order valence-corrected chi connectivity index (χ0v) is 27.4. The highest BCUT2D eigenvalue weighted by Gasteiger charge is 2.89. The van der Waals surface area contributed by atoms with Crippen LogP contribution in [0.15, 0.2) is 23.0 Å². The molecule has 2 bridgehead atoms. The number of carbonyl (C=O) groups excluding carboxylic acids is 4. The Kier molecular flexibility index (Phi) is 7.36. The first-order valence-electron chi connectivity index (χ1n) is 16.6. The largest absolute Gasteiger partial charge is 0.472 e. The van der Waals surface area contributed by atoms with Crippen molar-refractivity contribution in [2.45, 2.75) is 115 Å². The van der Waals surface area contributed by atoms with Crippen LogP contribution in [-0.4, -0.2) is 94.1 Å². The van der Waals surface area contributed by atoms with Crippen molar-refractivity contribution in [1.29, 1.82) is 0 Å². The fourth-order valence-electron chi connectivity index (χ4n) is 10.9. The van der Waals surface area contributed by atoms with Gasteiger partial charge in [0.15, 0.2) is 18.0 Å². The molecule has 6 unspecified atom stereocenters. The summed E-state index contributed by atoms with van der Waals surface area (Å²) in [5.41, 5.74) is -4.52. The molecule has 13 heteroatoms. The van der Waals surface area contributed by atoms with Crippen molar-refractivity contribution in [3.05, 3.63) is 24.2 Å². The molecule has 0 radical (unpaired) electrons. The predicted molar refractivity (Wildman–Crippen MR) is 157 cm³/mol. The number of epoxide rings is 1. The Hall–Kier alpha value is -2.84. The Balaban J connectivity index is 1.39. The maximum absolute atomic E-state index is 14.8. The Morgan fingerprint density at radius 2 is 1.77 bits per heavy atom. The fraction of sp³-hybridized carbons (Fsp3) is 0.765. The van der Waals surface area contributed by atoms with Gasteiger partial charge in [-0.3, -0.25) is 19.2 Å². The molecule has 4 aliphatic carbocycles. The van der Waals surface area contributed by atoms with Gasteiger partial charge in [-0.2, -0.15) is 0 Å². The second-order valence-corrected chi connectivity index (χ2v) is 15.1. The molecule has 3 N–H and O–H groups in total. The number of hydrogen-bond acceptors (Lipinski definition) is 13. The molecule has 258 valence electrons. The maximum Gasteiger partial charge on any atom is 0.310 e. The van der Waals surface area contributed by atoms with E-state index in [0.717, 1.165) is 12.5 Å². The van der Waals surface area contributed by atoms with E-state index < -0.39 is 106 Å². The van der Waals surface area contributed by atoms with Crippen LogP contribution in [0.3, 0.4) is 0 Å². The molecular formula is C34H44O13. The predicted octanol–water partition coefficient (Wildman–Crippen LogP) is 1.64. The smallest absolute Gasteiger partial charge is 0.310 e. The number of esters is 3. The number of carbonyl (C=O) groups is 4. The fourth-order valence-corrected chi connectivity index (χ4v) is 10.9. The third-order valence-electron chi connectivity index (χ3n) is 13.2. The van der Waals surface area contributed by atoms with E-state index in [4.69, 9.17) is 28.1 Å². The number of fused-ring (bicyclic) bond motifs is 1. The summed E-state index contributed by atoms with van der Waals surface area (Å²) in [6.07, 6.45) is -4.89. The Morgan fingerprint density at radius 1 is 1.06 bits per heavy atom. The second kappa shape index (κ2) is 10.6. The average molecular weight is 661 g/mol. The van der Waals surface area contributed by atoms with Gasteiger partial charge in [0.1, 0.15) is 17.8 Å². The highest BCUT2D eigenvalue weighted by Crippen LogP contribution is 2.79. The summed E-state index contributed by atoms with van der Waals surface area (Å²) in [5, 5.41) is 36.7. The minimum Gasteiger partial charge on any atom is -0.472 e. The van der Waals surface area contributed by atoms with Gasteiger partial charge in [0.25, 0.3) is 0 Å². The van der Waals surface area contributed by atoms with E-state index in [-0.39, 0.29) is 25.0 Å². The van der Waals surface area contributed by atoms with Gasteiger partial charge >= 0.3 is 17.9 Å². The summed E-state index contributed by atoms with van der Waals surface area (Å²) >= 11 is 0. The van der Waals surface area contributed by atoms with Crippen LogP contribution in [0.25, 0.3) is 0 Å². The number of rotatable bonds is 6. The lowest BCUT2D eigenvalue weighted by Crippen LogP contribution is -2.82. The summed E-state index contributed by atoms with van der Waals surface area (Å²) in [5.74, 6) is -6.43. The van der Waals surface area contributed by atoms with Crippen LogP contribution < -0.4 is 0 Å². The van der Waals surface area contributed by atoms with Gasteiger partial charge in [0, 0.05) is 42.4 Å². The third kappa shape index (κ3) is 3.94. The Bertz CT molecular complexity index is 1480. The number of aliphatic hydroxyl groups is 3. The van der Waals surface area contributed by atoms with Crippen molar-refractivity contribution >= 4 is 23.7 Å². The second-order valence-electron chi connectivity index (χ2n) is 15.1. The number of hydrogen-bond donors (Lipinski definition) is 3. The molecule has 6 aliphatic rings. The summed E-state index contributed by atoms with van der Waals surface area (Å²) in [6, 6.07) is 1.80. The molecule has 3 heterocycles. The molecule has 1 aromatic rings. The summed E-state index contributed by atoms with van der Waals surface area (Å²) in [4.78, 5) is 53.1. The lowest BCUT2D eigenvalue weighted by molar-refractivity contribution is -0.382. The van der Waals surface area contributed by atoms with Gasteiger partial charge in [-0.25, -0.2) is 0 Å². The number of ketones is 1. The highest BCUT2D eigenvalue weighted by molar-refractivity contribution is 5.90. The van der Waals surface area contributed by atoms with Gasteiger partial charge in [-0.1, -0.05) is 20.8 Å². The zero-order chi connectivity index (χ0) is 34.0. The monoisotopic (exact) mass is 660 g/mol. The van der Waals surface area contributed by atoms with Crippen LogP contribution in [0.5, 0.6) is 0 Å². The van der Waals surface area contributed by atoms with E-state index in [1.54, 1.807) is 26.2 Å². The zero-order valence-electron chi connectivity index (χ0n) is 27.4. The number of furan rings is 1. The van der Waals surface area contributed by atoms with Crippen molar-refractivity contribution in [3.63, 3.8) is 0 Å². The van der Waals surface area contributed by atoms with Crippen molar-refractivity contribution in [3.8, 4) is 0 Å². The maximum atomic E-state index is 14.8. The van der Waals surface area contributed by atoms with E-state index in [1.165, 1.54) is 13.2 Å². The van der Waals surface area contributed by atoms with Crippen molar-refractivity contribution in [2.75, 3.05) is 6.61 Å². The van der Waals surface area contributed by atoms with Crippen LogP contribution in [0.1, 0.15) is 72.3 Å². The number of ether oxygens (including phenoxy) is 5. The SMILES string of the molecule is CCC(C)C(=O)OC1OC[C@@]23C4C(=O)[C@@H](O)[C@@]5(C)[C@H](c6ccoc6)C[C@H]6OC65C4[C@H](O)CC2[C@]1(C)[C@H](OC(C)=O)[C@H](OC(C)=O)[C@@H]3O. The van der Waals surface area contributed by atoms with Crippen molar-refractivity contribution in [2.24, 2.45) is 39.9 Å². The quantitative estimate of drug-likeness (QED) is 0.227. The molecule has 4 saturated carbocycles. The van der Waals surface area contributed by atoms with Gasteiger partial charge in [0.05, 0.1) is 42.7 Å². The van der Waals surface area contributed by atoms with Gasteiger partial charge in [-0.15, -0.1) is 0 Å². The van der Waals surface area contributed by atoms with Gasteiger partial charge < -0.3 is 43.4 Å². The summed E-state index contributed by atoms with van der Waals surface area (Å²) < 4.78 is 35.6. The molecule has 6 fully saturated rings. The molecule has 2 aliphatic heterocycles. The van der Waals surface area contributed by atoms with Crippen LogP contribution in [0.4, 0.5) is 0 Å². The van der Waals surface area contributed by atoms with E-state index in [0.29, 0.717) is 12.8 Å². The van der Waals surface area contributed by atoms with E-state index in [1.807, 2.05) is 13.8 Å². The minimum absolute atomic E-state index is 0.00626. The topological polar surface area (TPSA) is 192 Å². The Labute approximate surface area is 272 Å². The first kappa shape index (κ1) is 32.7. The molecular weight excluding hydrogens is 616 g/mol. The number of aliphatic hydroxyl groups excluding tert-OH is 3. The van der Waals surface area contributed by atoms with Crippen LogP contribution in [-0.2, 0) is 42.9 Å². The number of Topliss-reactive ketones (excluding diaryl/α,β-unsaturated/α-hetero) is 1. The molecule has 2 saturated heterocycles. The van der Waals surface area contributed by atoms with Crippen LogP contribution in [0.2, 0.25) is 0 Å². The van der Waals surface area contributed by atoms with Gasteiger partial charge in [0.2, 0.25) is 6.29 Å². The third-order valence-corrected chi connectivity index (χ3v) is 13.2. The summed E-state index contributed by atoms with van der Waals surface area (Å²) in [6.45, 7) is 8.98. The molecule has 1 spiro atoms. The Morgan fingerprint density at radius 3 is 2.38 bits per heavy atom. The van der Waals surface area contributed by atoms with Crippen molar-refractivity contribution < 1.29 is 62.6 Å². The lowest BCUT2D eigenvalue weighted by Gasteiger charge is -2.71. The molecule has 1 aromatic heterocycles. The molecule has 0 amide bonds. The minimum atomic E-state index is -1.64. The van der Waals surface area contributed by atoms with E-state index in [2.05, 4.69) is 0 Å². The van der Waals surface area contributed by atoms with Crippen molar-refractivity contribution in [1.82, 2.24) is 0 Å². The molecule has 0 aromatic carbocycles. The molecule has 16 atom stereocenters. The average Bonchev–Trinajstić information content (AvgIpc) is 3.34. The first-order chi connectivity index (χ1) is 22.1. The first-order valence-corrected chi connectivity index (χ1v) is 16.6. The molecule has 47 heavy (non-hydrogen) atoms. The van der Waals surface area contributed by atoms with E-state index in [9.17, 15) is 34.5 Å². The standard InChI is InChI=1S/C34H44O13/c1-7-14(2)29(41)46-30-31(5)20-11-19(37)22-23(33(20,13-43-30)27(40)25(44-15(3)35)28(31)45-16(4)36)24(38)26(39)32(6)18(17-8-9-42-12-17)10-21-34(22,32)47-21/h8-9,12,14,18-23,25-28,30,37,39-40H,7,10-11,13H2,1-6H3/t14?,18-,19+,20?,21+,22?,23?,25+,26+,27-,28+,30?,31+,32+,33-,34?/m0/s1.